The average molecular weight is 396 g/mol. The Labute approximate surface area is 177 Å². The Kier molecular flexibility index (Phi) is 5.23. The second-order valence-electron chi connectivity index (χ2n) is 7.67. The number of anilines is 1. The Morgan fingerprint density at radius 3 is 2.10 bits per heavy atom. The Morgan fingerprint density at radius 2 is 1.43 bits per heavy atom. The highest BCUT2D eigenvalue weighted by Gasteiger charge is 2.42. The maximum Gasteiger partial charge on any atom is 0.282 e. The van der Waals surface area contributed by atoms with Crippen LogP contribution in [0.3, 0.4) is 0 Å². The highest BCUT2D eigenvalue weighted by atomic mass is 16.2. The second kappa shape index (κ2) is 7.99. The molecule has 1 aliphatic heterocycles. The summed E-state index contributed by atoms with van der Waals surface area (Å²) in [6.07, 6.45) is 0. The Morgan fingerprint density at radius 1 is 0.800 bits per heavy atom. The molecule has 1 heterocycles. The van der Waals surface area contributed by atoms with Crippen molar-refractivity contribution in [1.82, 2.24) is 4.90 Å². The molecule has 2 amide bonds. The van der Waals surface area contributed by atoms with E-state index < -0.39 is 0 Å². The summed E-state index contributed by atoms with van der Waals surface area (Å²) in [5.41, 5.74) is 5.23. The van der Waals surface area contributed by atoms with Crippen molar-refractivity contribution in [3.05, 3.63) is 107 Å². The lowest BCUT2D eigenvalue weighted by molar-refractivity contribution is -0.120. The van der Waals surface area contributed by atoms with Gasteiger partial charge in [-0.05, 0) is 42.2 Å². The van der Waals surface area contributed by atoms with Crippen LogP contribution in [0.25, 0.3) is 5.57 Å². The Bertz CT molecular complexity index is 1130. The van der Waals surface area contributed by atoms with Crippen LogP contribution in [0.4, 0.5) is 5.69 Å². The Hall–Kier alpha value is -3.66. The van der Waals surface area contributed by atoms with Gasteiger partial charge >= 0.3 is 0 Å². The fourth-order valence-corrected chi connectivity index (χ4v) is 3.85. The molecule has 0 aliphatic carbocycles. The molecule has 0 saturated carbocycles. The maximum absolute atomic E-state index is 13.6. The lowest BCUT2D eigenvalue weighted by atomic mass is 10.0. The van der Waals surface area contributed by atoms with Crippen LogP contribution < -0.4 is 4.90 Å². The van der Waals surface area contributed by atoms with E-state index in [4.69, 9.17) is 0 Å². The number of amides is 2. The zero-order chi connectivity index (χ0) is 21.3. The summed E-state index contributed by atoms with van der Waals surface area (Å²) in [5.74, 6) is -0.569. The number of imide groups is 1. The zero-order valence-corrected chi connectivity index (χ0v) is 17.4. The monoisotopic (exact) mass is 396 g/mol. The molecule has 0 N–H and O–H groups in total. The lowest BCUT2D eigenvalue weighted by Crippen LogP contribution is -2.34. The highest BCUT2D eigenvalue weighted by molar-refractivity contribution is 6.45. The van der Waals surface area contributed by atoms with Crippen LogP contribution in [0.2, 0.25) is 0 Å². The largest absolute Gasteiger partial charge is 0.365 e. The lowest BCUT2D eigenvalue weighted by Gasteiger charge is -2.22. The van der Waals surface area contributed by atoms with E-state index >= 15 is 0 Å². The highest BCUT2D eigenvalue weighted by Crippen LogP contribution is 2.36. The minimum atomic E-state index is -0.286. The molecule has 4 nitrogen and oxygen atoms in total. The molecule has 150 valence electrons. The van der Waals surface area contributed by atoms with Gasteiger partial charge in [0.15, 0.2) is 0 Å². The first kappa shape index (κ1) is 19.6. The molecule has 0 spiro atoms. The fraction of sp³-hybridized carbons (Fsp3) is 0.154. The predicted molar refractivity (Wildman–Crippen MR) is 120 cm³/mol. The minimum absolute atomic E-state index is 0.283. The van der Waals surface area contributed by atoms with Crippen molar-refractivity contribution < 1.29 is 9.59 Å². The van der Waals surface area contributed by atoms with Crippen LogP contribution in [-0.2, 0) is 16.1 Å². The van der Waals surface area contributed by atoms with Gasteiger partial charge in [-0.2, -0.15) is 0 Å². The van der Waals surface area contributed by atoms with Crippen molar-refractivity contribution in [3.8, 4) is 0 Å². The SMILES string of the molecule is Cc1ccc(C)c(N2C(=O)C(c3ccccc3)=C(N(C)Cc3ccccc3)C2=O)c1. The fourth-order valence-electron chi connectivity index (χ4n) is 3.85. The molecule has 4 rings (SSSR count). The van der Waals surface area contributed by atoms with Crippen LogP contribution in [-0.4, -0.2) is 23.8 Å². The van der Waals surface area contributed by atoms with Gasteiger partial charge in [0.1, 0.15) is 5.70 Å². The van der Waals surface area contributed by atoms with Crippen molar-refractivity contribution in [2.45, 2.75) is 20.4 Å². The van der Waals surface area contributed by atoms with E-state index in [2.05, 4.69) is 0 Å². The molecule has 0 saturated heterocycles. The molecule has 0 bridgehead atoms. The molecule has 3 aromatic carbocycles. The second-order valence-corrected chi connectivity index (χ2v) is 7.67. The number of hydrogen-bond donors (Lipinski definition) is 0. The van der Waals surface area contributed by atoms with Gasteiger partial charge in [0.2, 0.25) is 0 Å². The molecule has 0 unspecified atom stereocenters. The average Bonchev–Trinajstić information content (AvgIpc) is 3.01. The molecule has 3 aromatic rings. The zero-order valence-electron chi connectivity index (χ0n) is 17.4. The van der Waals surface area contributed by atoms with Crippen molar-refractivity contribution in [2.75, 3.05) is 11.9 Å². The van der Waals surface area contributed by atoms with Gasteiger partial charge in [0.25, 0.3) is 11.8 Å². The van der Waals surface area contributed by atoms with Gasteiger partial charge in [-0.25, -0.2) is 4.90 Å². The van der Waals surface area contributed by atoms with Gasteiger partial charge < -0.3 is 4.90 Å². The standard InChI is InChI=1S/C26H24N2O2/c1-18-14-15-19(2)22(16-18)28-25(29)23(21-12-8-5-9-13-21)24(26(28)30)27(3)17-20-10-6-4-7-11-20/h4-16H,17H2,1-3H3. The molecule has 30 heavy (non-hydrogen) atoms. The summed E-state index contributed by atoms with van der Waals surface area (Å²) in [4.78, 5) is 30.4. The van der Waals surface area contributed by atoms with Gasteiger partial charge in [-0.15, -0.1) is 0 Å². The van der Waals surface area contributed by atoms with E-state index in [1.165, 1.54) is 4.90 Å². The molecule has 4 heteroatoms. The van der Waals surface area contributed by atoms with E-state index in [1.807, 2.05) is 105 Å². The molecule has 0 radical (unpaired) electrons. The summed E-state index contributed by atoms with van der Waals surface area (Å²) < 4.78 is 0. The van der Waals surface area contributed by atoms with Gasteiger partial charge in [0.05, 0.1) is 11.3 Å². The van der Waals surface area contributed by atoms with E-state index in [0.29, 0.717) is 23.5 Å². The van der Waals surface area contributed by atoms with E-state index in [9.17, 15) is 9.59 Å². The smallest absolute Gasteiger partial charge is 0.282 e. The van der Waals surface area contributed by atoms with Crippen molar-refractivity contribution in [2.24, 2.45) is 0 Å². The van der Waals surface area contributed by atoms with Crippen LogP contribution in [0.5, 0.6) is 0 Å². The molecular weight excluding hydrogens is 372 g/mol. The number of nitrogens with zero attached hydrogens (tertiary/aromatic N) is 2. The molecular formula is C26H24N2O2. The van der Waals surface area contributed by atoms with Crippen LogP contribution in [0, 0.1) is 13.8 Å². The third-order valence-electron chi connectivity index (χ3n) is 5.37. The third-order valence-corrected chi connectivity index (χ3v) is 5.37. The predicted octanol–water partition coefficient (Wildman–Crippen LogP) is 4.72. The number of rotatable bonds is 5. The summed E-state index contributed by atoms with van der Waals surface area (Å²) in [6.45, 7) is 4.41. The van der Waals surface area contributed by atoms with E-state index in [1.54, 1.807) is 0 Å². The Balaban J connectivity index is 1.82. The molecule has 0 aromatic heterocycles. The number of carbonyl (C=O) groups excluding carboxylic acids is 2. The quantitative estimate of drug-likeness (QED) is 0.586. The van der Waals surface area contributed by atoms with E-state index in [0.717, 1.165) is 22.3 Å². The summed E-state index contributed by atoms with van der Waals surface area (Å²) in [6, 6.07) is 25.2. The van der Waals surface area contributed by atoms with Gasteiger partial charge in [-0.3, -0.25) is 9.59 Å². The summed E-state index contributed by atoms with van der Waals surface area (Å²) >= 11 is 0. The van der Waals surface area contributed by atoms with Gasteiger partial charge in [0, 0.05) is 13.6 Å². The van der Waals surface area contributed by atoms with E-state index in [-0.39, 0.29) is 11.8 Å². The first-order chi connectivity index (χ1) is 14.5. The first-order valence-electron chi connectivity index (χ1n) is 9.98. The van der Waals surface area contributed by atoms with Crippen molar-refractivity contribution in [3.63, 3.8) is 0 Å². The topological polar surface area (TPSA) is 40.6 Å². The molecule has 0 fully saturated rings. The van der Waals surface area contributed by atoms with Crippen LogP contribution in [0.1, 0.15) is 22.3 Å². The molecule has 0 atom stereocenters. The van der Waals surface area contributed by atoms with Crippen molar-refractivity contribution >= 4 is 23.1 Å². The first-order valence-corrected chi connectivity index (χ1v) is 9.98. The van der Waals surface area contributed by atoms with Crippen LogP contribution >= 0.6 is 0 Å². The third kappa shape index (κ3) is 3.52. The number of carbonyl (C=O) groups is 2. The van der Waals surface area contributed by atoms with Crippen molar-refractivity contribution in [1.29, 1.82) is 0 Å². The number of hydrogen-bond acceptors (Lipinski definition) is 3. The summed E-state index contributed by atoms with van der Waals surface area (Å²) in [7, 11) is 1.86. The number of likely N-dealkylation sites (N-methyl/N-ethyl adjacent to an activating group) is 1. The van der Waals surface area contributed by atoms with Crippen LogP contribution in [0.15, 0.2) is 84.6 Å². The maximum atomic E-state index is 13.6. The number of benzene rings is 3. The molecule has 1 aliphatic rings. The summed E-state index contributed by atoms with van der Waals surface area (Å²) in [5, 5.41) is 0. The minimum Gasteiger partial charge on any atom is -0.365 e. The number of aryl methyl sites for hydroxylation is 2. The normalized spacial score (nSPS) is 13.9. The van der Waals surface area contributed by atoms with Gasteiger partial charge in [-0.1, -0.05) is 72.8 Å².